The molecular weight excluding hydrogens is 623 g/mol. The Kier molecular flexibility index (Phi) is 8.90. The van der Waals surface area contributed by atoms with Crippen LogP contribution in [-0.2, 0) is 25.8 Å². The highest BCUT2D eigenvalue weighted by Gasteiger charge is 2.56. The van der Waals surface area contributed by atoms with Crippen LogP contribution >= 0.6 is 23.2 Å². The summed E-state index contributed by atoms with van der Waals surface area (Å²) >= 11 is 12.7. The van der Waals surface area contributed by atoms with Crippen molar-refractivity contribution < 1.29 is 27.9 Å². The number of ether oxygens (including phenoxy) is 1. The SMILES string of the molecule is CC(C)(C)S(=O)(=O)C[C@H](C1CC1)N1C(=O)[C@@](C)(Cc2ccc(C(=O)O)cn2)O[C@H](c2cccc(Cl)c2)[C@H]1c1ccc(Cl)cc1. The van der Waals surface area contributed by atoms with E-state index >= 15 is 0 Å². The van der Waals surface area contributed by atoms with Crippen molar-refractivity contribution in [1.29, 1.82) is 0 Å². The number of rotatable bonds is 9. The van der Waals surface area contributed by atoms with Crippen molar-refractivity contribution in [3.05, 3.63) is 99.3 Å². The first-order chi connectivity index (χ1) is 20.6. The number of carbonyl (C=O) groups is 2. The number of hydrogen-bond acceptors (Lipinski definition) is 6. The topological polar surface area (TPSA) is 114 Å². The van der Waals surface area contributed by atoms with Crippen molar-refractivity contribution in [1.82, 2.24) is 9.88 Å². The highest BCUT2D eigenvalue weighted by molar-refractivity contribution is 7.92. The van der Waals surface area contributed by atoms with Gasteiger partial charge in [-0.3, -0.25) is 9.78 Å². The first-order valence-corrected chi connectivity index (χ1v) is 16.9. The van der Waals surface area contributed by atoms with Crippen LogP contribution in [0.15, 0.2) is 66.9 Å². The largest absolute Gasteiger partial charge is 0.478 e. The fraction of sp³-hybridized carbons (Fsp3) is 0.424. The third-order valence-corrected chi connectivity index (χ3v) is 11.6. The Morgan fingerprint density at radius 3 is 2.30 bits per heavy atom. The lowest BCUT2D eigenvalue weighted by Crippen LogP contribution is -2.62. The van der Waals surface area contributed by atoms with Gasteiger partial charge >= 0.3 is 5.97 Å². The molecule has 0 radical (unpaired) electrons. The Bertz CT molecular complexity index is 1650. The summed E-state index contributed by atoms with van der Waals surface area (Å²) in [6.45, 7) is 6.72. The van der Waals surface area contributed by atoms with E-state index in [1.807, 2.05) is 24.3 Å². The van der Waals surface area contributed by atoms with Gasteiger partial charge in [0.1, 0.15) is 6.10 Å². The lowest BCUT2D eigenvalue weighted by atomic mass is 9.85. The number of aromatic carboxylic acids is 1. The Morgan fingerprint density at radius 1 is 1.07 bits per heavy atom. The maximum absolute atomic E-state index is 14.9. The molecule has 0 spiro atoms. The lowest BCUT2D eigenvalue weighted by Gasteiger charge is -2.52. The van der Waals surface area contributed by atoms with Crippen molar-refractivity contribution in [3.8, 4) is 0 Å². The second-order valence-corrected chi connectivity index (χ2v) is 16.5. The van der Waals surface area contributed by atoms with Crippen LogP contribution in [0.2, 0.25) is 10.0 Å². The predicted molar refractivity (Wildman–Crippen MR) is 170 cm³/mol. The van der Waals surface area contributed by atoms with Crippen molar-refractivity contribution in [2.24, 2.45) is 5.92 Å². The number of nitrogens with zero attached hydrogens (tertiary/aromatic N) is 2. The molecule has 234 valence electrons. The van der Waals surface area contributed by atoms with Crippen LogP contribution < -0.4 is 0 Å². The van der Waals surface area contributed by atoms with Gasteiger partial charge in [0.05, 0.1) is 22.1 Å². The van der Waals surface area contributed by atoms with Crippen LogP contribution in [0, 0.1) is 5.92 Å². The fourth-order valence-corrected chi connectivity index (χ4v) is 7.45. The number of carboxylic acids is 1. The van der Waals surface area contributed by atoms with Gasteiger partial charge in [-0.15, -0.1) is 0 Å². The molecule has 2 fully saturated rings. The third kappa shape index (κ3) is 6.66. The molecule has 2 heterocycles. The number of carbonyl (C=O) groups excluding carboxylic acids is 1. The number of benzene rings is 2. The normalized spacial score (nSPS) is 23.4. The molecule has 5 rings (SSSR count). The standard InChI is InChI=1S/C33H36Cl2N2O6S/c1-32(2,3)44(41,42)19-27(20-8-9-20)37-28(21-10-13-24(34)14-11-21)29(22-6-5-7-25(35)16-22)43-33(4,31(37)40)17-26-15-12-23(18-36-26)30(38)39/h5-7,10-16,18,20,27-29H,8-9,17,19H2,1-4H3,(H,38,39)/t27-,28-,29-,33-/m1/s1. The summed E-state index contributed by atoms with van der Waals surface area (Å²) in [5.41, 5.74) is 0.496. The van der Waals surface area contributed by atoms with E-state index in [0.29, 0.717) is 15.7 Å². The number of carboxylic acid groups (broad SMARTS) is 1. The van der Waals surface area contributed by atoms with E-state index in [1.165, 1.54) is 12.3 Å². The van der Waals surface area contributed by atoms with Gasteiger partial charge in [0, 0.05) is 34.4 Å². The van der Waals surface area contributed by atoms with Crippen LogP contribution in [0.3, 0.4) is 0 Å². The Morgan fingerprint density at radius 2 is 1.75 bits per heavy atom. The number of hydrogen-bond donors (Lipinski definition) is 1. The van der Waals surface area contributed by atoms with Gasteiger partial charge in [0.25, 0.3) is 5.91 Å². The zero-order valence-electron chi connectivity index (χ0n) is 25.0. The fourth-order valence-electron chi connectivity index (χ4n) is 5.74. The molecule has 1 amide bonds. The average Bonchev–Trinajstić information content (AvgIpc) is 3.79. The Labute approximate surface area is 268 Å². The monoisotopic (exact) mass is 658 g/mol. The molecule has 2 aromatic carbocycles. The maximum Gasteiger partial charge on any atom is 0.337 e. The quantitative estimate of drug-likeness (QED) is 0.271. The molecule has 1 aliphatic heterocycles. The zero-order valence-corrected chi connectivity index (χ0v) is 27.4. The van der Waals surface area contributed by atoms with Crippen LogP contribution in [0.4, 0.5) is 0 Å². The number of halogens is 2. The smallest absolute Gasteiger partial charge is 0.337 e. The van der Waals surface area contributed by atoms with Crippen LogP contribution in [0.25, 0.3) is 0 Å². The van der Waals surface area contributed by atoms with Crippen LogP contribution in [0.1, 0.15) is 79.9 Å². The molecule has 0 unspecified atom stereocenters. The summed E-state index contributed by atoms with van der Waals surface area (Å²) in [5, 5.41) is 10.4. The number of pyridine rings is 1. The second-order valence-electron chi connectivity index (χ2n) is 12.9. The average molecular weight is 660 g/mol. The molecule has 1 aromatic heterocycles. The minimum atomic E-state index is -3.63. The van der Waals surface area contributed by atoms with Crippen molar-refractivity contribution in [2.75, 3.05) is 5.75 Å². The molecule has 3 aromatic rings. The zero-order chi connectivity index (χ0) is 32.0. The van der Waals surface area contributed by atoms with Gasteiger partial charge in [-0.2, -0.15) is 0 Å². The van der Waals surface area contributed by atoms with Gasteiger partial charge in [-0.05, 0) is 94.0 Å². The third-order valence-electron chi connectivity index (χ3n) is 8.49. The van der Waals surface area contributed by atoms with Gasteiger partial charge in [0.15, 0.2) is 15.4 Å². The second kappa shape index (κ2) is 12.1. The number of aromatic nitrogens is 1. The van der Waals surface area contributed by atoms with Gasteiger partial charge in [0.2, 0.25) is 0 Å². The van der Waals surface area contributed by atoms with Gasteiger partial charge < -0.3 is 14.7 Å². The molecular formula is C33H36Cl2N2O6S. The molecule has 11 heteroatoms. The Hall–Kier alpha value is -2.98. The van der Waals surface area contributed by atoms with Crippen molar-refractivity contribution in [2.45, 2.75) is 75.5 Å². The first kappa shape index (κ1) is 32.4. The summed E-state index contributed by atoms with van der Waals surface area (Å²) in [7, 11) is -3.63. The summed E-state index contributed by atoms with van der Waals surface area (Å²) in [5.74, 6) is -1.66. The highest BCUT2D eigenvalue weighted by atomic mass is 35.5. The van der Waals surface area contributed by atoms with E-state index in [-0.39, 0.29) is 29.6 Å². The molecule has 8 nitrogen and oxygen atoms in total. The minimum Gasteiger partial charge on any atom is -0.478 e. The number of morpholine rings is 1. The van der Waals surface area contributed by atoms with Crippen LogP contribution in [-0.4, -0.2) is 57.4 Å². The van der Waals surface area contributed by atoms with Gasteiger partial charge in [-0.25, -0.2) is 13.2 Å². The van der Waals surface area contributed by atoms with Gasteiger partial charge in [-0.1, -0.05) is 47.5 Å². The van der Waals surface area contributed by atoms with E-state index in [9.17, 15) is 23.1 Å². The van der Waals surface area contributed by atoms with E-state index in [4.69, 9.17) is 27.9 Å². The molecule has 44 heavy (non-hydrogen) atoms. The summed E-state index contributed by atoms with van der Waals surface area (Å²) in [6, 6.07) is 16.1. The van der Waals surface area contributed by atoms with Crippen molar-refractivity contribution in [3.63, 3.8) is 0 Å². The Balaban J connectivity index is 1.68. The minimum absolute atomic E-state index is 0.00112. The molecule has 1 saturated carbocycles. The van der Waals surface area contributed by atoms with E-state index in [0.717, 1.165) is 24.0 Å². The van der Waals surface area contributed by atoms with Crippen LogP contribution in [0.5, 0.6) is 0 Å². The maximum atomic E-state index is 14.9. The summed E-state index contributed by atoms with van der Waals surface area (Å²) in [6.07, 6.45) is 2.17. The lowest BCUT2D eigenvalue weighted by molar-refractivity contribution is -0.202. The molecule has 1 saturated heterocycles. The first-order valence-electron chi connectivity index (χ1n) is 14.5. The number of amides is 1. The van der Waals surface area contributed by atoms with Crippen molar-refractivity contribution >= 4 is 44.9 Å². The number of sulfone groups is 1. The molecule has 4 atom stereocenters. The predicted octanol–water partition coefficient (Wildman–Crippen LogP) is 6.72. The molecule has 1 aliphatic carbocycles. The highest BCUT2D eigenvalue weighted by Crippen LogP contribution is 2.50. The molecule has 0 bridgehead atoms. The van der Waals surface area contributed by atoms with E-state index < -0.39 is 44.3 Å². The van der Waals surface area contributed by atoms with E-state index in [2.05, 4.69) is 4.98 Å². The molecule has 2 aliphatic rings. The molecule has 1 N–H and O–H groups in total. The van der Waals surface area contributed by atoms with E-state index in [1.54, 1.807) is 62.9 Å². The summed E-state index contributed by atoms with van der Waals surface area (Å²) in [4.78, 5) is 32.3. The summed E-state index contributed by atoms with van der Waals surface area (Å²) < 4.78 is 33.2.